The van der Waals surface area contributed by atoms with Gasteiger partial charge in [-0.1, -0.05) is 0 Å². The summed E-state index contributed by atoms with van der Waals surface area (Å²) in [6.07, 6.45) is 1.58. The van der Waals surface area contributed by atoms with Crippen LogP contribution in [0, 0.1) is 0 Å². The lowest BCUT2D eigenvalue weighted by atomic mass is 10.3. The van der Waals surface area contributed by atoms with E-state index in [-0.39, 0.29) is 5.82 Å². The number of hydrogen-bond donors (Lipinski definition) is 3. The Hall–Kier alpha value is -1.18. The minimum Gasteiger partial charge on any atom is -0.480 e. The van der Waals surface area contributed by atoms with E-state index in [2.05, 4.69) is 25.9 Å². The van der Waals surface area contributed by atoms with Crippen LogP contribution >= 0.6 is 27.3 Å². The molecule has 1 atom stereocenters. The van der Waals surface area contributed by atoms with Gasteiger partial charge < -0.3 is 15.8 Å². The van der Waals surface area contributed by atoms with Gasteiger partial charge >= 0.3 is 5.97 Å². The summed E-state index contributed by atoms with van der Waals surface area (Å²) in [4.78, 5) is 18.5. The van der Waals surface area contributed by atoms with Crippen LogP contribution in [-0.4, -0.2) is 21.0 Å². The average Bonchev–Trinajstić information content (AvgIpc) is 2.84. The van der Waals surface area contributed by atoms with Crippen LogP contribution < -0.4 is 5.73 Å². The van der Waals surface area contributed by atoms with Gasteiger partial charge in [0.2, 0.25) is 0 Å². The van der Waals surface area contributed by atoms with Gasteiger partial charge in [0.25, 0.3) is 0 Å². The third-order valence-electron chi connectivity index (χ3n) is 1.99. The molecule has 84 valence electrons. The number of nitrogens with two attached hydrogens (primary N) is 1. The van der Waals surface area contributed by atoms with Gasteiger partial charge in [0.05, 0.1) is 16.8 Å². The molecule has 0 aliphatic heterocycles. The molecular weight excluding hydrogens is 294 g/mol. The van der Waals surface area contributed by atoms with E-state index in [1.54, 1.807) is 6.20 Å². The lowest BCUT2D eigenvalue weighted by Crippen LogP contribution is -2.21. The number of aromatic nitrogens is 2. The predicted molar refractivity (Wildman–Crippen MR) is 64.2 cm³/mol. The molecule has 0 saturated heterocycles. The van der Waals surface area contributed by atoms with Crippen LogP contribution in [0.15, 0.2) is 22.1 Å². The minimum absolute atomic E-state index is 0.257. The highest BCUT2D eigenvalue weighted by molar-refractivity contribution is 9.10. The van der Waals surface area contributed by atoms with E-state index in [1.807, 2.05) is 11.4 Å². The number of thiophene rings is 1. The highest BCUT2D eigenvalue weighted by Crippen LogP contribution is 2.28. The molecule has 2 aromatic rings. The number of carboxylic acids is 1. The van der Waals surface area contributed by atoms with Crippen molar-refractivity contribution in [3.63, 3.8) is 0 Å². The topological polar surface area (TPSA) is 92.0 Å². The Bertz CT molecular complexity index is 522. The monoisotopic (exact) mass is 301 g/mol. The first kappa shape index (κ1) is 11.3. The van der Waals surface area contributed by atoms with Crippen molar-refractivity contribution in [3.8, 4) is 10.6 Å². The first-order valence-electron chi connectivity index (χ1n) is 4.35. The molecule has 16 heavy (non-hydrogen) atoms. The van der Waals surface area contributed by atoms with Crippen LogP contribution in [0.5, 0.6) is 0 Å². The number of imidazole rings is 1. The van der Waals surface area contributed by atoms with Crippen LogP contribution in [0.3, 0.4) is 0 Å². The van der Waals surface area contributed by atoms with Gasteiger partial charge in [0.1, 0.15) is 5.82 Å². The highest BCUT2D eigenvalue weighted by atomic mass is 79.9. The normalized spacial score (nSPS) is 12.6. The van der Waals surface area contributed by atoms with E-state index in [0.29, 0.717) is 0 Å². The standard InChI is InChI=1S/C9H8BrN3O2S/c10-4-1-6(16-3-4)5-2-12-8(13-5)7(11)9(14)15/h1-3,7H,11H2,(H,12,13)(H,14,15). The minimum atomic E-state index is -1.11. The Morgan fingerprint density at radius 3 is 3.00 bits per heavy atom. The molecule has 7 heteroatoms. The Morgan fingerprint density at radius 1 is 1.69 bits per heavy atom. The molecular formula is C9H8BrN3O2S. The van der Waals surface area contributed by atoms with E-state index >= 15 is 0 Å². The fraction of sp³-hybridized carbons (Fsp3) is 0.111. The molecule has 0 aromatic carbocycles. The summed E-state index contributed by atoms with van der Waals surface area (Å²) < 4.78 is 0.978. The fourth-order valence-electron chi connectivity index (χ4n) is 1.19. The van der Waals surface area contributed by atoms with Crippen molar-refractivity contribution < 1.29 is 9.90 Å². The summed E-state index contributed by atoms with van der Waals surface area (Å²) in [5, 5.41) is 10.7. The SMILES string of the molecule is NC(C(=O)O)c1ncc(-c2cc(Br)cs2)[nH]1. The van der Waals surface area contributed by atoms with E-state index < -0.39 is 12.0 Å². The van der Waals surface area contributed by atoms with Gasteiger partial charge in [-0.2, -0.15) is 0 Å². The van der Waals surface area contributed by atoms with Crippen molar-refractivity contribution in [1.82, 2.24) is 9.97 Å². The number of aromatic amines is 1. The Kier molecular flexibility index (Phi) is 3.08. The number of nitrogens with one attached hydrogen (secondary N) is 1. The van der Waals surface area contributed by atoms with Crippen LogP contribution in [0.1, 0.15) is 11.9 Å². The van der Waals surface area contributed by atoms with Crippen LogP contribution in [0.2, 0.25) is 0 Å². The molecule has 2 rings (SSSR count). The molecule has 4 N–H and O–H groups in total. The fourth-order valence-corrected chi connectivity index (χ4v) is 2.59. The Balaban J connectivity index is 2.29. The van der Waals surface area contributed by atoms with Gasteiger partial charge in [-0.05, 0) is 22.0 Å². The zero-order chi connectivity index (χ0) is 11.7. The largest absolute Gasteiger partial charge is 0.480 e. The predicted octanol–water partition coefficient (Wildman–Crippen LogP) is 1.99. The molecule has 2 aromatic heterocycles. The van der Waals surface area contributed by atoms with E-state index in [4.69, 9.17) is 10.8 Å². The maximum Gasteiger partial charge on any atom is 0.328 e. The van der Waals surface area contributed by atoms with Crippen molar-refractivity contribution in [2.45, 2.75) is 6.04 Å². The molecule has 0 bridgehead atoms. The zero-order valence-electron chi connectivity index (χ0n) is 7.98. The van der Waals surface area contributed by atoms with E-state index in [1.165, 1.54) is 11.3 Å². The van der Waals surface area contributed by atoms with Crippen molar-refractivity contribution in [1.29, 1.82) is 0 Å². The third kappa shape index (κ3) is 2.16. The van der Waals surface area contributed by atoms with Crippen LogP contribution in [0.25, 0.3) is 10.6 Å². The van der Waals surface area contributed by atoms with Gasteiger partial charge in [0, 0.05) is 9.85 Å². The number of halogens is 1. The van der Waals surface area contributed by atoms with Gasteiger partial charge in [-0.25, -0.2) is 4.98 Å². The molecule has 2 heterocycles. The molecule has 0 aliphatic carbocycles. The second-order valence-electron chi connectivity index (χ2n) is 3.13. The van der Waals surface area contributed by atoms with Crippen LogP contribution in [-0.2, 0) is 4.79 Å². The van der Waals surface area contributed by atoms with Crippen LogP contribution in [0.4, 0.5) is 0 Å². The molecule has 0 fully saturated rings. The lowest BCUT2D eigenvalue weighted by molar-refractivity contribution is -0.138. The summed E-state index contributed by atoms with van der Waals surface area (Å²) in [5.41, 5.74) is 6.20. The molecule has 0 spiro atoms. The van der Waals surface area contributed by atoms with Crippen molar-refractivity contribution in [3.05, 3.63) is 27.9 Å². The van der Waals surface area contributed by atoms with Crippen molar-refractivity contribution in [2.24, 2.45) is 5.73 Å². The number of H-pyrrole nitrogens is 1. The molecule has 0 radical (unpaired) electrons. The maximum atomic E-state index is 10.7. The number of hydrogen-bond acceptors (Lipinski definition) is 4. The van der Waals surface area contributed by atoms with Gasteiger partial charge in [0.15, 0.2) is 6.04 Å². The smallest absolute Gasteiger partial charge is 0.328 e. The quantitative estimate of drug-likeness (QED) is 0.808. The number of rotatable bonds is 3. The molecule has 0 aliphatic rings. The third-order valence-corrected chi connectivity index (χ3v) is 3.71. The number of aliphatic carboxylic acids is 1. The first-order chi connectivity index (χ1) is 7.58. The first-order valence-corrected chi connectivity index (χ1v) is 6.03. The summed E-state index contributed by atoms with van der Waals surface area (Å²) in [6.45, 7) is 0. The van der Waals surface area contributed by atoms with Gasteiger partial charge in [-0.15, -0.1) is 11.3 Å². The van der Waals surface area contributed by atoms with Gasteiger partial charge in [-0.3, -0.25) is 4.79 Å². The Labute approximate surface area is 103 Å². The highest BCUT2D eigenvalue weighted by Gasteiger charge is 2.18. The molecule has 5 nitrogen and oxygen atoms in total. The lowest BCUT2D eigenvalue weighted by Gasteiger charge is -2.00. The summed E-state index contributed by atoms with van der Waals surface area (Å²) in [6, 6.07) is 0.811. The molecule has 0 amide bonds. The number of carbonyl (C=O) groups is 1. The second kappa shape index (κ2) is 4.36. The maximum absolute atomic E-state index is 10.7. The second-order valence-corrected chi connectivity index (χ2v) is 4.95. The summed E-state index contributed by atoms with van der Waals surface area (Å²) in [7, 11) is 0. The van der Waals surface area contributed by atoms with Crippen molar-refractivity contribution in [2.75, 3.05) is 0 Å². The number of nitrogens with zero attached hydrogens (tertiary/aromatic N) is 1. The Morgan fingerprint density at radius 2 is 2.44 bits per heavy atom. The average molecular weight is 302 g/mol. The number of carboxylic acid groups (broad SMARTS) is 1. The summed E-state index contributed by atoms with van der Waals surface area (Å²) in [5.74, 6) is -0.847. The van der Waals surface area contributed by atoms with E-state index in [9.17, 15) is 4.79 Å². The van der Waals surface area contributed by atoms with E-state index in [0.717, 1.165) is 15.0 Å². The summed E-state index contributed by atoms with van der Waals surface area (Å²) >= 11 is 4.88. The van der Waals surface area contributed by atoms with Crippen molar-refractivity contribution >= 4 is 33.2 Å². The molecule has 0 saturated carbocycles. The zero-order valence-corrected chi connectivity index (χ0v) is 10.4. The molecule has 1 unspecified atom stereocenters.